The molecule has 0 saturated carbocycles. The fraction of sp³-hybridized carbons (Fsp3) is 0.714. The number of aromatic nitrogens is 2. The number of alkyl halides is 3. The zero-order valence-corrected chi connectivity index (χ0v) is 13.4. The number of carbonyl (C=O) groups excluding carboxylic acids is 1. The van der Waals surface area contributed by atoms with E-state index in [0.717, 1.165) is 24.7 Å². The van der Waals surface area contributed by atoms with Gasteiger partial charge in [-0.05, 0) is 25.2 Å². The second kappa shape index (κ2) is 6.93. The van der Waals surface area contributed by atoms with E-state index in [0.29, 0.717) is 18.8 Å². The fourth-order valence-electron chi connectivity index (χ4n) is 2.76. The molecule has 4 nitrogen and oxygen atoms in total. The Bertz CT molecular complexity index is 518. The van der Waals surface area contributed by atoms with Crippen molar-refractivity contribution in [3.05, 3.63) is 17.5 Å². The van der Waals surface area contributed by atoms with Gasteiger partial charge in [0.1, 0.15) is 0 Å². The lowest BCUT2D eigenvalue weighted by Crippen LogP contribution is -2.42. The maximum atomic E-state index is 12.6. The normalized spacial score (nSPS) is 21.0. The van der Waals surface area contributed by atoms with E-state index < -0.39 is 11.9 Å². The molecule has 1 aromatic rings. The average molecular weight is 335 g/mol. The highest BCUT2D eigenvalue weighted by Crippen LogP contribution is 2.32. The standard InChI is InChI=1S/C14H20F3N3OS/c1-9(8-22-2)13(21)20-5-3-4-10(7-20)11-6-12(19-18-11)14(15,16)17/h6,9-10H,3-5,7-8H2,1-2H3,(H,18,19). The Kier molecular flexibility index (Phi) is 5.41. The molecule has 2 atom stereocenters. The number of aromatic amines is 1. The summed E-state index contributed by atoms with van der Waals surface area (Å²) in [7, 11) is 0. The molecule has 0 spiro atoms. The monoisotopic (exact) mass is 335 g/mol. The van der Waals surface area contributed by atoms with Gasteiger partial charge in [0.05, 0.1) is 0 Å². The van der Waals surface area contributed by atoms with Crippen molar-refractivity contribution < 1.29 is 18.0 Å². The van der Waals surface area contributed by atoms with Gasteiger partial charge in [-0.1, -0.05) is 6.92 Å². The Morgan fingerprint density at radius 1 is 1.59 bits per heavy atom. The van der Waals surface area contributed by atoms with Gasteiger partial charge in [-0.2, -0.15) is 30.0 Å². The van der Waals surface area contributed by atoms with Crippen molar-refractivity contribution in [2.45, 2.75) is 31.9 Å². The molecule has 1 fully saturated rings. The van der Waals surface area contributed by atoms with Gasteiger partial charge in [0.25, 0.3) is 0 Å². The topological polar surface area (TPSA) is 49.0 Å². The van der Waals surface area contributed by atoms with Gasteiger partial charge in [-0.15, -0.1) is 0 Å². The van der Waals surface area contributed by atoms with Crippen molar-refractivity contribution in [3.8, 4) is 0 Å². The van der Waals surface area contributed by atoms with Crippen LogP contribution in [0.25, 0.3) is 0 Å². The molecule has 2 heterocycles. The lowest BCUT2D eigenvalue weighted by molar-refractivity contribution is -0.141. The molecule has 1 aliphatic heterocycles. The Morgan fingerprint density at radius 3 is 2.91 bits per heavy atom. The van der Waals surface area contributed by atoms with Crippen LogP contribution in [0.3, 0.4) is 0 Å². The Balaban J connectivity index is 2.04. The first-order chi connectivity index (χ1) is 10.3. The van der Waals surface area contributed by atoms with Crippen LogP contribution in [-0.2, 0) is 11.0 Å². The van der Waals surface area contributed by atoms with E-state index in [9.17, 15) is 18.0 Å². The average Bonchev–Trinajstić information content (AvgIpc) is 2.97. The smallest absolute Gasteiger partial charge is 0.342 e. The fourth-order valence-corrected chi connectivity index (χ4v) is 3.40. The van der Waals surface area contributed by atoms with E-state index in [1.54, 1.807) is 16.7 Å². The molecule has 0 radical (unpaired) electrons. The molecular weight excluding hydrogens is 315 g/mol. The minimum absolute atomic E-state index is 0.0683. The molecule has 1 amide bonds. The van der Waals surface area contributed by atoms with Gasteiger partial charge in [0.15, 0.2) is 5.69 Å². The zero-order chi connectivity index (χ0) is 16.3. The number of piperidine rings is 1. The lowest BCUT2D eigenvalue weighted by Gasteiger charge is -2.33. The van der Waals surface area contributed by atoms with Gasteiger partial charge in [-0.3, -0.25) is 9.89 Å². The molecule has 0 aliphatic carbocycles. The second-order valence-electron chi connectivity index (χ2n) is 5.69. The molecule has 0 bridgehead atoms. The van der Waals surface area contributed by atoms with Gasteiger partial charge in [-0.25, -0.2) is 0 Å². The quantitative estimate of drug-likeness (QED) is 0.920. The predicted octanol–water partition coefficient (Wildman–Crippen LogP) is 3.13. The number of nitrogens with zero attached hydrogens (tertiary/aromatic N) is 2. The van der Waals surface area contributed by atoms with Crippen LogP contribution in [-0.4, -0.2) is 46.1 Å². The molecular formula is C14H20F3N3OS. The first kappa shape index (κ1) is 17.2. The van der Waals surface area contributed by atoms with Crippen LogP contribution in [0.15, 0.2) is 6.07 Å². The minimum Gasteiger partial charge on any atom is -0.342 e. The third kappa shape index (κ3) is 3.97. The highest BCUT2D eigenvalue weighted by Gasteiger charge is 2.35. The van der Waals surface area contributed by atoms with E-state index >= 15 is 0 Å². The van der Waals surface area contributed by atoms with Crippen molar-refractivity contribution in [2.75, 3.05) is 25.1 Å². The number of carbonyl (C=O) groups is 1. The number of rotatable bonds is 4. The van der Waals surface area contributed by atoms with Crippen molar-refractivity contribution in [3.63, 3.8) is 0 Å². The maximum Gasteiger partial charge on any atom is 0.435 e. The second-order valence-corrected chi connectivity index (χ2v) is 6.60. The van der Waals surface area contributed by atoms with Crippen molar-refractivity contribution in [2.24, 2.45) is 5.92 Å². The summed E-state index contributed by atoms with van der Waals surface area (Å²) in [5.74, 6) is 0.654. The van der Waals surface area contributed by atoms with Crippen LogP contribution in [0.4, 0.5) is 13.2 Å². The summed E-state index contributed by atoms with van der Waals surface area (Å²) in [6.07, 6.45) is -0.930. The van der Waals surface area contributed by atoms with E-state index in [-0.39, 0.29) is 17.7 Å². The van der Waals surface area contributed by atoms with Gasteiger partial charge in [0.2, 0.25) is 5.91 Å². The molecule has 2 rings (SSSR count). The molecule has 2 unspecified atom stereocenters. The summed E-state index contributed by atoms with van der Waals surface area (Å²) in [6, 6.07) is 1.06. The van der Waals surface area contributed by atoms with Crippen LogP contribution in [0.2, 0.25) is 0 Å². The Morgan fingerprint density at radius 2 is 2.32 bits per heavy atom. The van der Waals surface area contributed by atoms with E-state index in [1.165, 1.54) is 0 Å². The van der Waals surface area contributed by atoms with Crippen molar-refractivity contribution in [1.29, 1.82) is 0 Å². The van der Waals surface area contributed by atoms with Crippen LogP contribution >= 0.6 is 11.8 Å². The van der Waals surface area contributed by atoms with E-state index in [2.05, 4.69) is 10.2 Å². The van der Waals surface area contributed by atoms with Crippen LogP contribution in [0.5, 0.6) is 0 Å². The number of halogens is 3. The number of H-pyrrole nitrogens is 1. The summed E-state index contributed by atoms with van der Waals surface area (Å²) in [4.78, 5) is 14.1. The summed E-state index contributed by atoms with van der Waals surface area (Å²) in [5, 5.41) is 5.82. The van der Waals surface area contributed by atoms with Crippen molar-refractivity contribution >= 4 is 17.7 Å². The molecule has 1 N–H and O–H groups in total. The van der Waals surface area contributed by atoms with Gasteiger partial charge < -0.3 is 4.90 Å². The first-order valence-electron chi connectivity index (χ1n) is 7.23. The van der Waals surface area contributed by atoms with Crippen LogP contribution in [0.1, 0.15) is 37.1 Å². The maximum absolute atomic E-state index is 12.6. The number of thioether (sulfide) groups is 1. The Hall–Kier alpha value is -1.18. The molecule has 124 valence electrons. The third-order valence-corrected chi connectivity index (χ3v) is 4.73. The van der Waals surface area contributed by atoms with Crippen molar-refractivity contribution in [1.82, 2.24) is 15.1 Å². The molecule has 1 aliphatic rings. The summed E-state index contributed by atoms with van der Waals surface area (Å²) in [5.41, 5.74) is -0.441. The number of hydrogen-bond donors (Lipinski definition) is 1. The molecule has 0 aromatic carbocycles. The van der Waals surface area contributed by atoms with Crippen LogP contribution < -0.4 is 0 Å². The third-order valence-electron chi connectivity index (χ3n) is 3.90. The molecule has 8 heteroatoms. The van der Waals surface area contributed by atoms with E-state index in [4.69, 9.17) is 0 Å². The van der Waals surface area contributed by atoms with Gasteiger partial charge >= 0.3 is 6.18 Å². The SMILES string of the molecule is CSCC(C)C(=O)N1CCCC(c2cc(C(F)(F)F)n[nH]2)C1. The molecule has 1 aromatic heterocycles. The minimum atomic E-state index is -4.44. The van der Waals surface area contributed by atoms with E-state index in [1.807, 2.05) is 13.2 Å². The Labute approximate surface area is 131 Å². The van der Waals surface area contributed by atoms with Gasteiger partial charge in [0, 0.05) is 36.4 Å². The molecule has 1 saturated heterocycles. The summed E-state index contributed by atoms with van der Waals surface area (Å²) < 4.78 is 37.8. The number of nitrogens with one attached hydrogen (secondary N) is 1. The highest BCUT2D eigenvalue weighted by molar-refractivity contribution is 7.98. The van der Waals surface area contributed by atoms with Crippen LogP contribution in [0, 0.1) is 5.92 Å². The largest absolute Gasteiger partial charge is 0.435 e. The zero-order valence-electron chi connectivity index (χ0n) is 12.6. The number of hydrogen-bond acceptors (Lipinski definition) is 3. The summed E-state index contributed by atoms with van der Waals surface area (Å²) >= 11 is 1.62. The number of likely N-dealkylation sites (tertiary alicyclic amines) is 1. The summed E-state index contributed by atoms with van der Waals surface area (Å²) in [6.45, 7) is 3.02. The molecule has 22 heavy (non-hydrogen) atoms. The lowest BCUT2D eigenvalue weighted by atomic mass is 9.94. The highest BCUT2D eigenvalue weighted by atomic mass is 32.2. The first-order valence-corrected chi connectivity index (χ1v) is 8.62. The number of amides is 1. The predicted molar refractivity (Wildman–Crippen MR) is 79.7 cm³/mol.